The number of hydrogen-bond acceptors (Lipinski definition) is 6. The van der Waals surface area contributed by atoms with Crippen molar-refractivity contribution in [2.75, 3.05) is 26.2 Å². The SMILES string of the molecule is COc1cc2nccc(N)c2cc1OC.CSc1ccc(C(N)=O)cc1. The third kappa shape index (κ3) is 4.58. The molecule has 7 heteroatoms. The number of nitrogens with two attached hydrogens (primary N) is 2. The third-order valence-corrected chi connectivity index (χ3v) is 4.40. The van der Waals surface area contributed by atoms with Gasteiger partial charge in [-0.3, -0.25) is 9.78 Å². The van der Waals surface area contributed by atoms with E-state index in [2.05, 4.69) is 4.98 Å². The van der Waals surface area contributed by atoms with Crippen molar-refractivity contribution in [3.8, 4) is 11.5 Å². The van der Waals surface area contributed by atoms with Crippen LogP contribution in [0.5, 0.6) is 11.5 Å². The molecule has 0 atom stereocenters. The van der Waals surface area contributed by atoms with E-state index in [4.69, 9.17) is 20.9 Å². The van der Waals surface area contributed by atoms with Crippen LogP contribution in [0.4, 0.5) is 5.69 Å². The van der Waals surface area contributed by atoms with Crippen LogP contribution in [0.2, 0.25) is 0 Å². The number of benzene rings is 2. The van der Waals surface area contributed by atoms with Crippen molar-refractivity contribution >= 4 is 34.3 Å². The highest BCUT2D eigenvalue weighted by Crippen LogP contribution is 2.33. The maximum absolute atomic E-state index is 10.6. The van der Waals surface area contributed by atoms with Gasteiger partial charge in [-0.2, -0.15) is 0 Å². The van der Waals surface area contributed by atoms with E-state index in [1.165, 1.54) is 0 Å². The monoisotopic (exact) mass is 371 g/mol. The average molecular weight is 371 g/mol. The number of amides is 1. The first-order chi connectivity index (χ1) is 12.5. The number of carbonyl (C=O) groups is 1. The minimum Gasteiger partial charge on any atom is -0.493 e. The van der Waals surface area contributed by atoms with Crippen LogP contribution in [-0.4, -0.2) is 31.4 Å². The molecule has 0 aliphatic heterocycles. The van der Waals surface area contributed by atoms with Gasteiger partial charge < -0.3 is 20.9 Å². The van der Waals surface area contributed by atoms with Crippen molar-refractivity contribution in [3.05, 3.63) is 54.2 Å². The minimum atomic E-state index is -0.377. The van der Waals surface area contributed by atoms with Crippen molar-refractivity contribution in [1.82, 2.24) is 4.98 Å². The van der Waals surface area contributed by atoms with Gasteiger partial charge in [0, 0.05) is 33.8 Å². The largest absolute Gasteiger partial charge is 0.493 e. The van der Waals surface area contributed by atoms with E-state index in [-0.39, 0.29) is 5.91 Å². The molecule has 0 unspecified atom stereocenters. The van der Waals surface area contributed by atoms with Crippen LogP contribution in [0.25, 0.3) is 10.9 Å². The summed E-state index contributed by atoms with van der Waals surface area (Å²) in [5, 5.41) is 0.871. The molecule has 3 aromatic rings. The van der Waals surface area contributed by atoms with Crippen molar-refractivity contribution in [3.63, 3.8) is 0 Å². The van der Waals surface area contributed by atoms with E-state index in [1.54, 1.807) is 50.4 Å². The second kappa shape index (κ2) is 8.96. The number of nitrogen functional groups attached to an aromatic ring is 1. The zero-order valence-corrected chi connectivity index (χ0v) is 15.7. The highest BCUT2D eigenvalue weighted by Gasteiger charge is 2.07. The third-order valence-electron chi connectivity index (χ3n) is 3.66. The van der Waals surface area contributed by atoms with Crippen LogP contribution in [-0.2, 0) is 0 Å². The summed E-state index contributed by atoms with van der Waals surface area (Å²) in [6.45, 7) is 0. The highest BCUT2D eigenvalue weighted by atomic mass is 32.2. The number of carbonyl (C=O) groups excluding carboxylic acids is 1. The standard InChI is InChI=1S/C11H12N2O2.C8H9NOS/c1-14-10-5-7-8(12)3-4-13-9(7)6-11(10)15-2;1-11-7-4-2-6(3-5-7)8(9)10/h3-6H,1-2H3,(H2,12,13);2-5H,1H3,(H2,9,10). The number of primary amides is 1. The van der Waals surface area contributed by atoms with E-state index in [9.17, 15) is 4.79 Å². The summed E-state index contributed by atoms with van der Waals surface area (Å²) in [7, 11) is 3.19. The van der Waals surface area contributed by atoms with Crippen LogP contribution in [0.15, 0.2) is 53.6 Å². The number of aromatic nitrogens is 1. The molecule has 0 saturated heterocycles. The molecule has 0 fully saturated rings. The average Bonchev–Trinajstić information content (AvgIpc) is 2.67. The molecule has 4 N–H and O–H groups in total. The number of thioether (sulfide) groups is 1. The molecule has 0 aliphatic rings. The molecule has 1 aromatic heterocycles. The van der Waals surface area contributed by atoms with E-state index >= 15 is 0 Å². The van der Waals surface area contributed by atoms with Crippen molar-refractivity contribution in [2.24, 2.45) is 5.73 Å². The second-order valence-corrected chi connectivity index (χ2v) is 6.10. The molecule has 0 aliphatic carbocycles. The van der Waals surface area contributed by atoms with Gasteiger partial charge in [-0.05, 0) is 42.7 Å². The van der Waals surface area contributed by atoms with Crippen molar-refractivity contribution in [1.29, 1.82) is 0 Å². The van der Waals surface area contributed by atoms with Gasteiger partial charge in [0.05, 0.1) is 19.7 Å². The van der Waals surface area contributed by atoms with Gasteiger partial charge in [0.15, 0.2) is 11.5 Å². The molecule has 2 aromatic carbocycles. The number of hydrogen-bond donors (Lipinski definition) is 2. The smallest absolute Gasteiger partial charge is 0.248 e. The summed E-state index contributed by atoms with van der Waals surface area (Å²) in [6.07, 6.45) is 3.66. The Kier molecular flexibility index (Phi) is 6.68. The van der Waals surface area contributed by atoms with Gasteiger partial charge in [0.25, 0.3) is 0 Å². The van der Waals surface area contributed by atoms with Gasteiger partial charge >= 0.3 is 0 Å². The van der Waals surface area contributed by atoms with Crippen LogP contribution in [0.3, 0.4) is 0 Å². The first kappa shape index (κ1) is 19.4. The van der Waals surface area contributed by atoms with Gasteiger partial charge in [0.1, 0.15) is 0 Å². The number of pyridine rings is 1. The lowest BCUT2D eigenvalue weighted by Crippen LogP contribution is -2.10. The molecule has 1 heterocycles. The molecule has 0 bridgehead atoms. The summed E-state index contributed by atoms with van der Waals surface area (Å²) in [4.78, 5) is 16.0. The first-order valence-electron chi connectivity index (χ1n) is 7.70. The second-order valence-electron chi connectivity index (χ2n) is 5.22. The maximum Gasteiger partial charge on any atom is 0.248 e. The van der Waals surface area contributed by atoms with Gasteiger partial charge in [-0.25, -0.2) is 0 Å². The van der Waals surface area contributed by atoms with Crippen molar-refractivity contribution in [2.45, 2.75) is 4.90 Å². The predicted molar refractivity (Wildman–Crippen MR) is 106 cm³/mol. The molecular formula is C19H21N3O3S. The number of methoxy groups -OCH3 is 2. The summed E-state index contributed by atoms with van der Waals surface area (Å²) >= 11 is 1.64. The zero-order valence-electron chi connectivity index (χ0n) is 14.9. The van der Waals surface area contributed by atoms with Crippen LogP contribution >= 0.6 is 11.8 Å². The zero-order chi connectivity index (χ0) is 19.1. The van der Waals surface area contributed by atoms with E-state index in [0.29, 0.717) is 22.7 Å². The Morgan fingerprint density at radius 3 is 2.19 bits per heavy atom. The van der Waals surface area contributed by atoms with Gasteiger partial charge in [0.2, 0.25) is 5.91 Å². The Balaban J connectivity index is 0.000000197. The van der Waals surface area contributed by atoms with E-state index in [0.717, 1.165) is 15.8 Å². The molecule has 6 nitrogen and oxygen atoms in total. The fourth-order valence-corrected chi connectivity index (χ4v) is 2.66. The quantitative estimate of drug-likeness (QED) is 0.682. The Morgan fingerprint density at radius 1 is 1.04 bits per heavy atom. The summed E-state index contributed by atoms with van der Waals surface area (Å²) in [5.41, 5.74) is 12.9. The first-order valence-corrected chi connectivity index (χ1v) is 8.92. The normalized spacial score (nSPS) is 9.96. The van der Waals surface area contributed by atoms with Gasteiger partial charge in [-0.15, -0.1) is 11.8 Å². The number of anilines is 1. The molecule has 26 heavy (non-hydrogen) atoms. The number of nitrogens with zero attached hydrogens (tertiary/aromatic N) is 1. The summed E-state index contributed by atoms with van der Waals surface area (Å²) in [5.74, 6) is 0.936. The van der Waals surface area contributed by atoms with E-state index in [1.807, 2.05) is 30.5 Å². The number of rotatable bonds is 4. The molecule has 0 spiro atoms. The molecule has 0 radical (unpaired) electrons. The van der Waals surface area contributed by atoms with Crippen LogP contribution in [0, 0.1) is 0 Å². The maximum atomic E-state index is 10.6. The van der Waals surface area contributed by atoms with Gasteiger partial charge in [-0.1, -0.05) is 0 Å². The molecular weight excluding hydrogens is 350 g/mol. The van der Waals surface area contributed by atoms with E-state index < -0.39 is 0 Å². The lowest BCUT2D eigenvalue weighted by atomic mass is 10.1. The summed E-state index contributed by atoms with van der Waals surface area (Å²) in [6, 6.07) is 12.6. The summed E-state index contributed by atoms with van der Waals surface area (Å²) < 4.78 is 10.4. The minimum absolute atomic E-state index is 0.377. The fraction of sp³-hybridized carbons (Fsp3) is 0.158. The Labute approximate surface area is 156 Å². The number of fused-ring (bicyclic) bond motifs is 1. The van der Waals surface area contributed by atoms with Crippen LogP contribution < -0.4 is 20.9 Å². The lowest BCUT2D eigenvalue weighted by Gasteiger charge is -2.09. The predicted octanol–water partition coefficient (Wildman–Crippen LogP) is 3.34. The Hall–Kier alpha value is -2.93. The molecule has 3 rings (SSSR count). The Morgan fingerprint density at radius 2 is 1.65 bits per heavy atom. The molecule has 1 amide bonds. The highest BCUT2D eigenvalue weighted by molar-refractivity contribution is 7.98. The Bertz CT molecular complexity index is 898. The lowest BCUT2D eigenvalue weighted by molar-refractivity contribution is 0.1000. The van der Waals surface area contributed by atoms with Crippen molar-refractivity contribution < 1.29 is 14.3 Å². The number of ether oxygens (including phenoxy) is 2. The van der Waals surface area contributed by atoms with Crippen LogP contribution in [0.1, 0.15) is 10.4 Å². The topological polar surface area (TPSA) is 100 Å². The molecule has 0 saturated carbocycles. The fourth-order valence-electron chi connectivity index (χ4n) is 2.25. The molecule has 136 valence electrons.